The zero-order valence-corrected chi connectivity index (χ0v) is 15.5. The van der Waals surface area contributed by atoms with Gasteiger partial charge in [-0.3, -0.25) is 9.69 Å². The van der Waals surface area contributed by atoms with Gasteiger partial charge >= 0.3 is 0 Å². The van der Waals surface area contributed by atoms with Crippen molar-refractivity contribution in [2.45, 2.75) is 32.5 Å². The number of rotatable bonds is 4. The first-order valence-electron chi connectivity index (χ1n) is 8.78. The highest BCUT2D eigenvalue weighted by atomic mass is 35.5. The smallest absolute Gasteiger partial charge is 0.251 e. The number of carbonyl (C=O) groups is 1. The monoisotopic (exact) mass is 368 g/mol. The molecule has 25 heavy (non-hydrogen) atoms. The van der Waals surface area contributed by atoms with Crippen LogP contribution in [0, 0.1) is 0 Å². The van der Waals surface area contributed by atoms with Crippen molar-refractivity contribution in [2.24, 2.45) is 0 Å². The van der Waals surface area contributed by atoms with Crippen molar-refractivity contribution in [3.8, 4) is 11.5 Å². The van der Waals surface area contributed by atoms with Crippen LogP contribution in [0.1, 0.15) is 30.6 Å². The minimum atomic E-state index is -0.160. The first-order valence-corrected chi connectivity index (χ1v) is 9.16. The first kappa shape index (κ1) is 18.3. The average molecular weight is 369 g/mol. The van der Waals surface area contributed by atoms with Gasteiger partial charge in [-0.25, -0.2) is 0 Å². The van der Waals surface area contributed by atoms with Crippen LogP contribution < -0.4 is 14.8 Å². The molecule has 1 amide bonds. The summed E-state index contributed by atoms with van der Waals surface area (Å²) < 4.78 is 16.9. The Morgan fingerprint density at radius 1 is 1.24 bits per heavy atom. The van der Waals surface area contributed by atoms with E-state index in [1.807, 2.05) is 0 Å². The van der Waals surface area contributed by atoms with Crippen LogP contribution in [0.2, 0.25) is 5.02 Å². The van der Waals surface area contributed by atoms with E-state index < -0.39 is 0 Å². The standard InChI is InChI=1S/C18H25ClN2O4/c1-12-10-21(11-13(2)25-12)5-4-20-18(22)14-8-15(19)17-16(9-14)23-6-3-7-24-17/h8-9,12-13H,3-7,10-11H2,1-2H3,(H,20,22). The molecule has 0 aromatic heterocycles. The molecule has 7 heteroatoms. The molecule has 0 spiro atoms. The van der Waals surface area contributed by atoms with Crippen LogP contribution in [-0.2, 0) is 4.74 Å². The van der Waals surface area contributed by atoms with Gasteiger partial charge in [0.05, 0.1) is 30.4 Å². The Bertz CT molecular complexity index is 615. The van der Waals surface area contributed by atoms with Crippen LogP contribution in [0.5, 0.6) is 11.5 Å². The molecule has 0 bridgehead atoms. The van der Waals surface area contributed by atoms with Crippen molar-refractivity contribution >= 4 is 17.5 Å². The molecule has 6 nitrogen and oxygen atoms in total. The van der Waals surface area contributed by atoms with Crippen molar-refractivity contribution in [1.29, 1.82) is 0 Å². The molecule has 0 radical (unpaired) electrons. The molecule has 1 aromatic carbocycles. The maximum atomic E-state index is 12.4. The van der Waals surface area contributed by atoms with Crippen molar-refractivity contribution in [1.82, 2.24) is 10.2 Å². The molecule has 2 aliphatic rings. The fourth-order valence-electron chi connectivity index (χ4n) is 3.26. The average Bonchev–Trinajstić information content (AvgIpc) is 2.79. The highest BCUT2D eigenvalue weighted by molar-refractivity contribution is 6.32. The van der Waals surface area contributed by atoms with E-state index in [1.165, 1.54) is 0 Å². The summed E-state index contributed by atoms with van der Waals surface area (Å²) in [6, 6.07) is 3.32. The van der Waals surface area contributed by atoms with E-state index >= 15 is 0 Å². The van der Waals surface area contributed by atoms with Gasteiger partial charge in [-0.05, 0) is 26.0 Å². The maximum absolute atomic E-state index is 12.4. The molecule has 2 heterocycles. The number of benzene rings is 1. The Morgan fingerprint density at radius 2 is 1.96 bits per heavy atom. The molecule has 2 aliphatic heterocycles. The molecule has 1 aromatic rings. The third kappa shape index (κ3) is 4.77. The second-order valence-electron chi connectivity index (χ2n) is 6.61. The number of amides is 1. The molecule has 1 N–H and O–H groups in total. The van der Waals surface area contributed by atoms with E-state index in [4.69, 9.17) is 25.8 Å². The van der Waals surface area contributed by atoms with Crippen molar-refractivity contribution in [3.63, 3.8) is 0 Å². The van der Waals surface area contributed by atoms with Crippen LogP contribution in [0.25, 0.3) is 0 Å². The van der Waals surface area contributed by atoms with E-state index in [2.05, 4.69) is 24.1 Å². The van der Waals surface area contributed by atoms with E-state index in [9.17, 15) is 4.79 Å². The summed E-state index contributed by atoms with van der Waals surface area (Å²) >= 11 is 6.24. The Labute approximate surface area is 153 Å². The number of morpholine rings is 1. The van der Waals surface area contributed by atoms with Gasteiger partial charge in [0.15, 0.2) is 11.5 Å². The molecule has 1 saturated heterocycles. The normalized spacial score (nSPS) is 23.8. The van der Waals surface area contributed by atoms with Crippen LogP contribution in [0.4, 0.5) is 0 Å². The van der Waals surface area contributed by atoms with Gasteiger partial charge in [0, 0.05) is 38.2 Å². The maximum Gasteiger partial charge on any atom is 0.251 e. The number of halogens is 1. The van der Waals surface area contributed by atoms with Gasteiger partial charge in [0.25, 0.3) is 5.91 Å². The summed E-state index contributed by atoms with van der Waals surface area (Å²) in [5, 5.41) is 3.35. The molecule has 138 valence electrons. The minimum absolute atomic E-state index is 0.160. The minimum Gasteiger partial charge on any atom is -0.489 e. The lowest BCUT2D eigenvalue weighted by Gasteiger charge is -2.35. The summed E-state index contributed by atoms with van der Waals surface area (Å²) in [4.78, 5) is 14.7. The number of carbonyl (C=O) groups excluding carboxylic acids is 1. The van der Waals surface area contributed by atoms with Gasteiger partial charge in [-0.1, -0.05) is 11.6 Å². The van der Waals surface area contributed by atoms with E-state index in [1.54, 1.807) is 12.1 Å². The number of nitrogens with zero attached hydrogens (tertiary/aromatic N) is 1. The van der Waals surface area contributed by atoms with Crippen molar-refractivity contribution < 1.29 is 19.0 Å². The number of fused-ring (bicyclic) bond motifs is 1. The van der Waals surface area contributed by atoms with Crippen molar-refractivity contribution in [3.05, 3.63) is 22.7 Å². The first-order chi connectivity index (χ1) is 12.0. The number of ether oxygens (including phenoxy) is 3. The van der Waals surface area contributed by atoms with Gasteiger partial charge in [-0.2, -0.15) is 0 Å². The molecule has 2 unspecified atom stereocenters. The summed E-state index contributed by atoms with van der Waals surface area (Å²) in [5.41, 5.74) is 0.484. The van der Waals surface area contributed by atoms with Crippen LogP contribution in [0.3, 0.4) is 0 Å². The topological polar surface area (TPSA) is 60.0 Å². The lowest BCUT2D eigenvalue weighted by Crippen LogP contribution is -2.47. The van der Waals surface area contributed by atoms with E-state index in [0.717, 1.165) is 26.1 Å². The SMILES string of the molecule is CC1CN(CCNC(=O)c2cc(Cl)c3c(c2)OCCCO3)CC(C)O1. The molecular formula is C18H25ClN2O4. The third-order valence-electron chi connectivity index (χ3n) is 4.27. The molecular weight excluding hydrogens is 344 g/mol. The predicted octanol–water partition coefficient (Wildman–Crippen LogP) is 2.34. The fourth-order valence-corrected chi connectivity index (χ4v) is 3.52. The second-order valence-corrected chi connectivity index (χ2v) is 7.02. The van der Waals surface area contributed by atoms with Gasteiger partial charge in [0.2, 0.25) is 0 Å². The Balaban J connectivity index is 1.56. The largest absolute Gasteiger partial charge is 0.489 e. The molecule has 2 atom stereocenters. The summed E-state index contributed by atoms with van der Waals surface area (Å²) in [7, 11) is 0. The summed E-state index contributed by atoms with van der Waals surface area (Å²) in [5.74, 6) is 0.893. The highest BCUT2D eigenvalue weighted by Gasteiger charge is 2.22. The summed E-state index contributed by atoms with van der Waals surface area (Å²) in [6.45, 7) is 8.40. The third-order valence-corrected chi connectivity index (χ3v) is 4.55. The van der Waals surface area contributed by atoms with Crippen LogP contribution in [-0.4, -0.2) is 62.4 Å². The fraction of sp³-hybridized carbons (Fsp3) is 0.611. The van der Waals surface area contributed by atoms with E-state index in [0.29, 0.717) is 41.8 Å². The Morgan fingerprint density at radius 3 is 2.72 bits per heavy atom. The van der Waals surface area contributed by atoms with Crippen LogP contribution >= 0.6 is 11.6 Å². The van der Waals surface area contributed by atoms with Gasteiger partial charge in [0.1, 0.15) is 0 Å². The Kier molecular flexibility index (Phi) is 6.04. The number of nitrogens with one attached hydrogen (secondary N) is 1. The lowest BCUT2D eigenvalue weighted by molar-refractivity contribution is -0.0672. The zero-order chi connectivity index (χ0) is 17.8. The highest BCUT2D eigenvalue weighted by Crippen LogP contribution is 2.37. The molecule has 0 aliphatic carbocycles. The zero-order valence-electron chi connectivity index (χ0n) is 14.7. The van der Waals surface area contributed by atoms with Crippen molar-refractivity contribution in [2.75, 3.05) is 39.4 Å². The van der Waals surface area contributed by atoms with Gasteiger partial charge < -0.3 is 19.5 Å². The van der Waals surface area contributed by atoms with Crippen LogP contribution in [0.15, 0.2) is 12.1 Å². The summed E-state index contributed by atoms with van der Waals surface area (Å²) in [6.07, 6.45) is 1.24. The quantitative estimate of drug-likeness (QED) is 0.884. The molecule has 3 rings (SSSR count). The molecule has 1 fully saturated rings. The van der Waals surface area contributed by atoms with Gasteiger partial charge in [-0.15, -0.1) is 0 Å². The number of hydrogen-bond donors (Lipinski definition) is 1. The predicted molar refractivity (Wildman–Crippen MR) is 95.8 cm³/mol. The Hall–Kier alpha value is -1.50. The number of hydrogen-bond acceptors (Lipinski definition) is 5. The lowest BCUT2D eigenvalue weighted by atomic mass is 10.2. The van der Waals surface area contributed by atoms with E-state index in [-0.39, 0.29) is 18.1 Å². The second kappa shape index (κ2) is 8.25. The molecule has 0 saturated carbocycles.